The molecule has 2 aliphatic rings. The van der Waals surface area contributed by atoms with E-state index in [9.17, 15) is 9.59 Å². The summed E-state index contributed by atoms with van der Waals surface area (Å²) in [5.41, 5.74) is 2.26. The van der Waals surface area contributed by atoms with Crippen LogP contribution in [0.3, 0.4) is 0 Å². The zero-order valence-corrected chi connectivity index (χ0v) is 14.1. The zero-order chi connectivity index (χ0) is 17.3. The first-order chi connectivity index (χ1) is 12.2. The largest absolute Gasteiger partial charge is 0.351 e. The average Bonchev–Trinajstić information content (AvgIpc) is 3.48. The Bertz CT molecular complexity index is 800. The molecule has 5 nitrogen and oxygen atoms in total. The van der Waals surface area contributed by atoms with Crippen LogP contribution in [-0.4, -0.2) is 23.3 Å². The Kier molecular flexibility index (Phi) is 3.99. The number of amides is 2. The maximum atomic E-state index is 13.2. The van der Waals surface area contributed by atoms with Crippen molar-refractivity contribution < 1.29 is 9.59 Å². The first-order valence-corrected chi connectivity index (χ1v) is 8.78. The minimum absolute atomic E-state index is 0.0492. The molecule has 0 bridgehead atoms. The molecule has 1 N–H and O–H groups in total. The van der Waals surface area contributed by atoms with Crippen LogP contribution in [0.25, 0.3) is 0 Å². The lowest BCUT2D eigenvalue weighted by molar-refractivity contribution is -0.135. The fraction of sp³-hybridized carbons (Fsp3) is 0.350. The predicted molar refractivity (Wildman–Crippen MR) is 94.9 cm³/mol. The van der Waals surface area contributed by atoms with Crippen LogP contribution in [0.5, 0.6) is 0 Å². The molecule has 0 radical (unpaired) electrons. The third-order valence-electron chi connectivity index (χ3n) is 5.15. The van der Waals surface area contributed by atoms with Crippen LogP contribution in [0.2, 0.25) is 0 Å². The van der Waals surface area contributed by atoms with Gasteiger partial charge >= 0.3 is 0 Å². The van der Waals surface area contributed by atoms with Crippen LogP contribution >= 0.6 is 0 Å². The molecule has 0 atom stereocenters. The van der Waals surface area contributed by atoms with E-state index in [0.29, 0.717) is 25.9 Å². The number of rotatable bonds is 4. The second-order valence-electron chi connectivity index (χ2n) is 6.81. The SMILES string of the molecule is O=C(NCc1ccncc1)C1(C(=O)N2CCCc3ccccc32)CC1. The number of hydrogen-bond acceptors (Lipinski definition) is 3. The van der Waals surface area contributed by atoms with E-state index in [-0.39, 0.29) is 11.8 Å². The number of anilines is 1. The van der Waals surface area contributed by atoms with Gasteiger partial charge in [0.15, 0.2) is 0 Å². The molecule has 128 valence electrons. The number of para-hydroxylation sites is 1. The van der Waals surface area contributed by atoms with E-state index >= 15 is 0 Å². The van der Waals surface area contributed by atoms with Gasteiger partial charge < -0.3 is 10.2 Å². The molecule has 2 amide bonds. The highest BCUT2D eigenvalue weighted by Crippen LogP contribution is 2.49. The van der Waals surface area contributed by atoms with Gasteiger partial charge in [-0.15, -0.1) is 0 Å². The Morgan fingerprint density at radius 2 is 1.88 bits per heavy atom. The lowest BCUT2D eigenvalue weighted by Crippen LogP contribution is -2.47. The number of aromatic nitrogens is 1. The lowest BCUT2D eigenvalue weighted by atomic mass is 9.97. The fourth-order valence-electron chi connectivity index (χ4n) is 3.52. The van der Waals surface area contributed by atoms with Crippen LogP contribution < -0.4 is 10.2 Å². The number of pyridine rings is 1. The molecule has 1 aromatic carbocycles. The number of carbonyl (C=O) groups is 2. The molecular weight excluding hydrogens is 314 g/mol. The van der Waals surface area contributed by atoms with E-state index in [1.807, 2.05) is 35.2 Å². The van der Waals surface area contributed by atoms with Gasteiger partial charge in [-0.05, 0) is 55.0 Å². The smallest absolute Gasteiger partial charge is 0.242 e. The highest BCUT2D eigenvalue weighted by atomic mass is 16.2. The van der Waals surface area contributed by atoms with Crippen molar-refractivity contribution in [1.82, 2.24) is 10.3 Å². The van der Waals surface area contributed by atoms with Crippen LogP contribution in [0.15, 0.2) is 48.8 Å². The third-order valence-corrected chi connectivity index (χ3v) is 5.15. The summed E-state index contributed by atoms with van der Waals surface area (Å²) in [5.74, 6) is -0.204. The van der Waals surface area contributed by atoms with Gasteiger partial charge in [0.2, 0.25) is 11.8 Å². The molecule has 5 heteroatoms. The van der Waals surface area contributed by atoms with Crippen molar-refractivity contribution in [3.05, 3.63) is 59.9 Å². The van der Waals surface area contributed by atoms with Gasteiger partial charge in [-0.3, -0.25) is 14.6 Å². The summed E-state index contributed by atoms with van der Waals surface area (Å²) in [6.45, 7) is 1.11. The molecule has 25 heavy (non-hydrogen) atoms. The minimum Gasteiger partial charge on any atom is -0.351 e. The highest BCUT2D eigenvalue weighted by Gasteiger charge is 2.58. The zero-order valence-electron chi connectivity index (χ0n) is 14.1. The average molecular weight is 335 g/mol. The molecule has 0 spiro atoms. The van der Waals surface area contributed by atoms with Gasteiger partial charge in [-0.25, -0.2) is 0 Å². The first kappa shape index (κ1) is 15.8. The topological polar surface area (TPSA) is 62.3 Å². The Morgan fingerprint density at radius 1 is 1.12 bits per heavy atom. The number of fused-ring (bicyclic) bond motifs is 1. The molecular formula is C20H21N3O2. The predicted octanol–water partition coefficient (Wildman–Crippen LogP) is 2.46. The van der Waals surface area contributed by atoms with Gasteiger partial charge in [-0.1, -0.05) is 18.2 Å². The number of carbonyl (C=O) groups excluding carboxylic acids is 2. The summed E-state index contributed by atoms with van der Waals surface area (Å²) >= 11 is 0. The number of nitrogens with one attached hydrogen (secondary N) is 1. The van der Waals surface area contributed by atoms with Gasteiger partial charge in [0, 0.05) is 31.2 Å². The van der Waals surface area contributed by atoms with Crippen LogP contribution in [0, 0.1) is 5.41 Å². The summed E-state index contributed by atoms with van der Waals surface area (Å²) < 4.78 is 0. The quantitative estimate of drug-likeness (QED) is 0.873. The summed E-state index contributed by atoms with van der Waals surface area (Å²) in [5, 5.41) is 2.93. The van der Waals surface area contributed by atoms with Gasteiger partial charge in [0.05, 0.1) is 0 Å². The summed E-state index contributed by atoms with van der Waals surface area (Å²) in [7, 11) is 0. The first-order valence-electron chi connectivity index (χ1n) is 8.78. The van der Waals surface area contributed by atoms with E-state index < -0.39 is 5.41 Å². The van der Waals surface area contributed by atoms with Crippen molar-refractivity contribution >= 4 is 17.5 Å². The van der Waals surface area contributed by atoms with E-state index in [4.69, 9.17) is 0 Å². The van der Waals surface area contributed by atoms with E-state index in [1.54, 1.807) is 12.4 Å². The molecule has 1 aromatic heterocycles. The number of hydrogen-bond donors (Lipinski definition) is 1. The van der Waals surface area contributed by atoms with Crippen molar-refractivity contribution in [3.8, 4) is 0 Å². The Labute approximate surface area is 147 Å². The molecule has 1 fully saturated rings. The molecule has 2 heterocycles. The lowest BCUT2D eigenvalue weighted by Gasteiger charge is -2.32. The monoisotopic (exact) mass is 335 g/mol. The van der Waals surface area contributed by atoms with Crippen molar-refractivity contribution in [2.24, 2.45) is 5.41 Å². The van der Waals surface area contributed by atoms with Crippen molar-refractivity contribution in [2.75, 3.05) is 11.4 Å². The van der Waals surface area contributed by atoms with E-state index in [1.165, 1.54) is 5.56 Å². The van der Waals surface area contributed by atoms with Crippen LogP contribution in [0.4, 0.5) is 5.69 Å². The number of benzene rings is 1. The Morgan fingerprint density at radius 3 is 2.64 bits per heavy atom. The molecule has 1 aliphatic heterocycles. The molecule has 0 saturated heterocycles. The van der Waals surface area contributed by atoms with Gasteiger partial charge in [0.1, 0.15) is 5.41 Å². The second kappa shape index (κ2) is 6.31. The second-order valence-corrected chi connectivity index (χ2v) is 6.81. The Balaban J connectivity index is 1.49. The van der Waals surface area contributed by atoms with Crippen LogP contribution in [0.1, 0.15) is 30.4 Å². The maximum absolute atomic E-state index is 13.2. The standard InChI is InChI=1S/C20H21N3O2/c24-18(22-14-15-7-11-21-12-8-15)20(9-10-20)19(25)23-13-3-5-16-4-1-2-6-17(16)23/h1-2,4,6-8,11-12H,3,5,9-10,13-14H2,(H,22,24). The normalized spacial score (nSPS) is 17.5. The molecule has 1 aliphatic carbocycles. The van der Waals surface area contributed by atoms with E-state index in [2.05, 4.69) is 16.4 Å². The van der Waals surface area contributed by atoms with Crippen LogP contribution in [-0.2, 0) is 22.6 Å². The molecule has 1 saturated carbocycles. The fourth-order valence-corrected chi connectivity index (χ4v) is 3.52. The summed E-state index contributed by atoms with van der Waals surface area (Å²) in [6, 6.07) is 11.7. The Hall–Kier alpha value is -2.69. The third kappa shape index (κ3) is 2.90. The highest BCUT2D eigenvalue weighted by molar-refractivity contribution is 6.14. The van der Waals surface area contributed by atoms with Gasteiger partial charge in [-0.2, -0.15) is 0 Å². The van der Waals surface area contributed by atoms with Crippen molar-refractivity contribution in [2.45, 2.75) is 32.2 Å². The maximum Gasteiger partial charge on any atom is 0.242 e. The van der Waals surface area contributed by atoms with E-state index in [0.717, 1.165) is 24.1 Å². The summed E-state index contributed by atoms with van der Waals surface area (Å²) in [4.78, 5) is 31.7. The summed E-state index contributed by atoms with van der Waals surface area (Å²) in [6.07, 6.45) is 6.59. The van der Waals surface area contributed by atoms with Crippen molar-refractivity contribution in [1.29, 1.82) is 0 Å². The molecule has 0 unspecified atom stereocenters. The minimum atomic E-state index is -0.877. The molecule has 4 rings (SSSR count). The van der Waals surface area contributed by atoms with Crippen molar-refractivity contribution in [3.63, 3.8) is 0 Å². The molecule has 2 aromatic rings. The van der Waals surface area contributed by atoms with Gasteiger partial charge in [0.25, 0.3) is 0 Å². The number of aryl methyl sites for hydroxylation is 1. The number of nitrogens with zero attached hydrogens (tertiary/aromatic N) is 2.